The van der Waals surface area contributed by atoms with E-state index in [2.05, 4.69) is 61.6 Å². The van der Waals surface area contributed by atoms with Gasteiger partial charge in [-0.15, -0.1) is 0 Å². The number of fused-ring (bicyclic) bond motifs is 1. The van der Waals surface area contributed by atoms with Gasteiger partial charge in [0.25, 0.3) is 0 Å². The highest BCUT2D eigenvalue weighted by Crippen LogP contribution is 2.32. The van der Waals surface area contributed by atoms with Crippen LogP contribution in [0.4, 0.5) is 0 Å². The number of hydrogen-bond donors (Lipinski definition) is 1. The van der Waals surface area contributed by atoms with Crippen molar-refractivity contribution in [3.05, 3.63) is 48.0 Å². The van der Waals surface area contributed by atoms with Gasteiger partial charge in [-0.05, 0) is 47.4 Å². The fourth-order valence-electron chi connectivity index (χ4n) is 3.43. The second-order valence-corrected chi connectivity index (χ2v) is 7.03. The van der Waals surface area contributed by atoms with Crippen molar-refractivity contribution in [1.82, 2.24) is 5.32 Å². The Kier molecular flexibility index (Phi) is 4.30. The summed E-state index contributed by atoms with van der Waals surface area (Å²) < 4.78 is 0. The highest BCUT2D eigenvalue weighted by Gasteiger charge is 2.28. The monoisotopic (exact) mass is 281 g/mol. The molecular weight excluding hydrogens is 254 g/mol. The summed E-state index contributed by atoms with van der Waals surface area (Å²) in [6, 6.07) is 16.3. The molecule has 1 heteroatoms. The largest absolute Gasteiger partial charge is 0.313 e. The van der Waals surface area contributed by atoms with Gasteiger partial charge in [-0.3, -0.25) is 0 Å². The summed E-state index contributed by atoms with van der Waals surface area (Å²) >= 11 is 0. The number of rotatable bonds is 7. The molecule has 1 N–H and O–H groups in total. The zero-order valence-corrected chi connectivity index (χ0v) is 13.4. The second-order valence-electron chi connectivity index (χ2n) is 7.03. The quantitative estimate of drug-likeness (QED) is 0.758. The van der Waals surface area contributed by atoms with Crippen molar-refractivity contribution in [2.75, 3.05) is 6.54 Å². The first-order chi connectivity index (χ1) is 10.2. The first-order valence-electron chi connectivity index (χ1n) is 8.40. The standard InChI is InChI=1S/C20H27N/c1-3-13-20(2,15-21-18-11-12-18)14-17-9-6-8-16-7-4-5-10-19(16)17/h4-10,18,21H,3,11-15H2,1-2H3. The third-order valence-corrected chi connectivity index (χ3v) is 4.75. The van der Waals surface area contributed by atoms with E-state index in [1.165, 1.54) is 48.4 Å². The lowest BCUT2D eigenvalue weighted by molar-refractivity contribution is 0.275. The molecule has 0 amide bonds. The Morgan fingerprint density at radius 3 is 2.62 bits per heavy atom. The van der Waals surface area contributed by atoms with E-state index in [9.17, 15) is 0 Å². The van der Waals surface area contributed by atoms with E-state index < -0.39 is 0 Å². The van der Waals surface area contributed by atoms with Crippen molar-refractivity contribution in [3.63, 3.8) is 0 Å². The van der Waals surface area contributed by atoms with E-state index in [-0.39, 0.29) is 0 Å². The molecule has 1 aliphatic rings. The van der Waals surface area contributed by atoms with E-state index >= 15 is 0 Å². The minimum Gasteiger partial charge on any atom is -0.313 e. The van der Waals surface area contributed by atoms with Crippen LogP contribution in [0.3, 0.4) is 0 Å². The average Bonchev–Trinajstić information content (AvgIpc) is 3.30. The van der Waals surface area contributed by atoms with E-state index in [1.54, 1.807) is 0 Å². The van der Waals surface area contributed by atoms with E-state index in [0.29, 0.717) is 5.41 Å². The predicted octanol–water partition coefficient (Wildman–Crippen LogP) is 4.94. The zero-order chi connectivity index (χ0) is 14.7. The molecule has 0 radical (unpaired) electrons. The summed E-state index contributed by atoms with van der Waals surface area (Å²) in [6.45, 7) is 5.90. The maximum absolute atomic E-state index is 3.75. The Morgan fingerprint density at radius 2 is 1.86 bits per heavy atom. The third-order valence-electron chi connectivity index (χ3n) is 4.75. The lowest BCUT2D eigenvalue weighted by Gasteiger charge is -2.30. The summed E-state index contributed by atoms with van der Waals surface area (Å²) in [5, 5.41) is 6.54. The zero-order valence-electron chi connectivity index (χ0n) is 13.4. The summed E-state index contributed by atoms with van der Waals surface area (Å²) in [5.41, 5.74) is 1.86. The maximum Gasteiger partial charge on any atom is 0.00684 e. The van der Waals surface area contributed by atoms with Gasteiger partial charge in [-0.2, -0.15) is 0 Å². The maximum atomic E-state index is 3.75. The van der Waals surface area contributed by atoms with Crippen LogP contribution in [-0.2, 0) is 6.42 Å². The van der Waals surface area contributed by atoms with Crippen LogP contribution in [-0.4, -0.2) is 12.6 Å². The first-order valence-corrected chi connectivity index (χ1v) is 8.40. The average molecular weight is 281 g/mol. The van der Waals surface area contributed by atoms with Crippen molar-refractivity contribution in [2.45, 2.75) is 52.0 Å². The minimum atomic E-state index is 0.363. The van der Waals surface area contributed by atoms with Crippen molar-refractivity contribution in [2.24, 2.45) is 5.41 Å². The Hall–Kier alpha value is -1.34. The fraction of sp³-hybridized carbons (Fsp3) is 0.500. The van der Waals surface area contributed by atoms with Gasteiger partial charge >= 0.3 is 0 Å². The second kappa shape index (κ2) is 6.19. The van der Waals surface area contributed by atoms with Gasteiger partial charge in [-0.25, -0.2) is 0 Å². The molecule has 2 aromatic carbocycles. The molecule has 21 heavy (non-hydrogen) atoms. The molecule has 1 aliphatic carbocycles. The molecule has 1 atom stereocenters. The SMILES string of the molecule is CCCC(C)(CNC1CC1)Cc1cccc2ccccc12. The molecule has 3 rings (SSSR count). The summed E-state index contributed by atoms with van der Waals surface area (Å²) in [7, 11) is 0. The molecule has 0 aliphatic heterocycles. The molecule has 0 heterocycles. The third kappa shape index (κ3) is 3.65. The lowest BCUT2D eigenvalue weighted by Crippen LogP contribution is -2.35. The minimum absolute atomic E-state index is 0.363. The Bertz CT molecular complexity index is 594. The van der Waals surface area contributed by atoms with Crippen molar-refractivity contribution in [1.29, 1.82) is 0 Å². The number of nitrogens with one attached hydrogen (secondary N) is 1. The van der Waals surface area contributed by atoms with Crippen LogP contribution < -0.4 is 5.32 Å². The van der Waals surface area contributed by atoms with Crippen molar-refractivity contribution >= 4 is 10.8 Å². The van der Waals surface area contributed by atoms with Gasteiger partial charge in [0, 0.05) is 12.6 Å². The summed E-state index contributed by atoms with van der Waals surface area (Å²) in [4.78, 5) is 0. The molecule has 0 spiro atoms. The normalized spacial score (nSPS) is 17.8. The van der Waals surface area contributed by atoms with E-state index in [4.69, 9.17) is 0 Å². The molecule has 112 valence electrons. The molecule has 0 aromatic heterocycles. The lowest BCUT2D eigenvalue weighted by atomic mass is 9.78. The van der Waals surface area contributed by atoms with E-state index in [1.807, 2.05) is 0 Å². The van der Waals surface area contributed by atoms with Gasteiger partial charge in [0.15, 0.2) is 0 Å². The molecule has 2 aromatic rings. The molecule has 1 unspecified atom stereocenters. The van der Waals surface area contributed by atoms with Gasteiger partial charge in [0.1, 0.15) is 0 Å². The number of benzene rings is 2. The smallest absolute Gasteiger partial charge is 0.00684 e. The molecule has 1 nitrogen and oxygen atoms in total. The van der Waals surface area contributed by atoms with Gasteiger partial charge in [0.05, 0.1) is 0 Å². The molecule has 1 fully saturated rings. The Morgan fingerprint density at radius 1 is 1.10 bits per heavy atom. The van der Waals surface area contributed by atoms with Crippen LogP contribution in [0.1, 0.15) is 45.1 Å². The molecule has 0 bridgehead atoms. The predicted molar refractivity (Wildman–Crippen MR) is 91.7 cm³/mol. The van der Waals surface area contributed by atoms with Crippen molar-refractivity contribution < 1.29 is 0 Å². The van der Waals surface area contributed by atoms with Gasteiger partial charge < -0.3 is 5.32 Å². The number of hydrogen-bond acceptors (Lipinski definition) is 1. The van der Waals surface area contributed by atoms with Crippen molar-refractivity contribution in [3.8, 4) is 0 Å². The van der Waals surface area contributed by atoms with Crippen LogP contribution in [0, 0.1) is 5.41 Å². The highest BCUT2D eigenvalue weighted by molar-refractivity contribution is 5.85. The Balaban J connectivity index is 1.82. The molecule has 0 saturated heterocycles. The van der Waals surface area contributed by atoms with E-state index in [0.717, 1.165) is 12.6 Å². The highest BCUT2D eigenvalue weighted by atomic mass is 15.0. The summed E-state index contributed by atoms with van der Waals surface area (Å²) in [5.74, 6) is 0. The van der Waals surface area contributed by atoms with Crippen LogP contribution in [0.15, 0.2) is 42.5 Å². The summed E-state index contributed by atoms with van der Waals surface area (Å²) in [6.07, 6.45) is 6.46. The van der Waals surface area contributed by atoms with Crippen LogP contribution >= 0.6 is 0 Å². The fourth-order valence-corrected chi connectivity index (χ4v) is 3.43. The van der Waals surface area contributed by atoms with Crippen LogP contribution in [0.25, 0.3) is 10.8 Å². The van der Waals surface area contributed by atoms with Crippen LogP contribution in [0.5, 0.6) is 0 Å². The Labute approximate surface area is 128 Å². The molecule has 1 saturated carbocycles. The molecular formula is C20H27N. The van der Waals surface area contributed by atoms with Gasteiger partial charge in [0.2, 0.25) is 0 Å². The van der Waals surface area contributed by atoms with Crippen LogP contribution in [0.2, 0.25) is 0 Å². The van der Waals surface area contributed by atoms with Gasteiger partial charge in [-0.1, -0.05) is 62.7 Å². The first kappa shape index (κ1) is 14.6. The topological polar surface area (TPSA) is 12.0 Å².